The highest BCUT2D eigenvalue weighted by molar-refractivity contribution is 5.87. The van der Waals surface area contributed by atoms with E-state index in [1.807, 2.05) is 48.5 Å². The molecule has 1 aliphatic carbocycles. The molecule has 1 heterocycles. The summed E-state index contributed by atoms with van der Waals surface area (Å²) in [6, 6.07) is 14.5. The number of alkyl carbamates (subject to hydrolysis) is 1. The Labute approximate surface area is 201 Å². The highest BCUT2D eigenvalue weighted by Crippen LogP contribution is 2.44. The smallest absolute Gasteiger partial charge is 0.407 e. The van der Waals surface area contributed by atoms with Crippen molar-refractivity contribution < 1.29 is 33.0 Å². The van der Waals surface area contributed by atoms with Gasteiger partial charge in [-0.2, -0.15) is 0 Å². The van der Waals surface area contributed by atoms with Crippen LogP contribution in [0, 0.1) is 5.92 Å². The minimum atomic E-state index is -3.55. The predicted molar refractivity (Wildman–Crippen MR) is 123 cm³/mol. The predicted octanol–water partition coefficient (Wildman–Crippen LogP) is 2.63. The number of carbonyl (C=O) groups is 3. The Morgan fingerprint density at radius 2 is 1.69 bits per heavy atom. The van der Waals surface area contributed by atoms with Crippen LogP contribution in [-0.2, 0) is 14.3 Å². The van der Waals surface area contributed by atoms with Crippen molar-refractivity contribution in [2.24, 2.45) is 5.92 Å². The summed E-state index contributed by atoms with van der Waals surface area (Å²) in [6.07, 6.45) is -0.854. The first-order chi connectivity index (χ1) is 16.6. The van der Waals surface area contributed by atoms with Gasteiger partial charge in [-0.1, -0.05) is 48.5 Å². The van der Waals surface area contributed by atoms with E-state index in [0.29, 0.717) is 0 Å². The van der Waals surface area contributed by atoms with Crippen molar-refractivity contribution in [3.05, 3.63) is 59.7 Å². The van der Waals surface area contributed by atoms with E-state index in [1.165, 1.54) is 0 Å². The number of aliphatic carboxylic acids is 1. The number of rotatable bonds is 7. The van der Waals surface area contributed by atoms with Gasteiger partial charge < -0.3 is 25.0 Å². The molecule has 1 unspecified atom stereocenters. The van der Waals surface area contributed by atoms with Crippen molar-refractivity contribution in [3.8, 4) is 11.1 Å². The van der Waals surface area contributed by atoms with Gasteiger partial charge in [-0.3, -0.25) is 9.59 Å². The number of carbonyl (C=O) groups excluding carboxylic acids is 2. The van der Waals surface area contributed by atoms with Crippen molar-refractivity contribution in [2.75, 3.05) is 40.3 Å². The fourth-order valence-electron chi connectivity index (χ4n) is 4.76. The maximum Gasteiger partial charge on any atom is 0.407 e. The first-order valence-electron chi connectivity index (χ1n) is 11.2. The van der Waals surface area contributed by atoms with Crippen LogP contribution in [-0.4, -0.2) is 85.2 Å². The van der Waals surface area contributed by atoms with Gasteiger partial charge in [-0.15, -0.1) is 0 Å². The number of ether oxygens (including phenoxy) is 1. The lowest BCUT2D eigenvalue weighted by Gasteiger charge is -2.26. The van der Waals surface area contributed by atoms with E-state index in [2.05, 4.69) is 5.32 Å². The number of likely N-dealkylation sites (N-methyl/N-ethyl adjacent to an activating group) is 1. The third kappa shape index (κ3) is 4.97. The van der Waals surface area contributed by atoms with Crippen LogP contribution in [0.4, 0.5) is 13.6 Å². The molecule has 1 aliphatic heterocycles. The lowest BCUT2D eigenvalue weighted by atomic mass is 9.98. The maximum atomic E-state index is 14.1. The lowest BCUT2D eigenvalue weighted by Crippen LogP contribution is -2.53. The summed E-state index contributed by atoms with van der Waals surface area (Å²) in [6.45, 7) is -1.58. The summed E-state index contributed by atoms with van der Waals surface area (Å²) >= 11 is 0. The minimum absolute atomic E-state index is 0.0306. The molecule has 0 saturated carbocycles. The zero-order valence-electron chi connectivity index (χ0n) is 19.4. The molecule has 8 nitrogen and oxygen atoms in total. The summed E-state index contributed by atoms with van der Waals surface area (Å²) in [5.41, 5.74) is 4.20. The molecule has 186 valence electrons. The van der Waals surface area contributed by atoms with E-state index in [9.17, 15) is 23.2 Å². The van der Waals surface area contributed by atoms with Crippen molar-refractivity contribution in [3.63, 3.8) is 0 Å². The lowest BCUT2D eigenvalue weighted by molar-refractivity contribution is -0.151. The maximum absolute atomic E-state index is 14.1. The van der Waals surface area contributed by atoms with Crippen LogP contribution in [0.2, 0.25) is 0 Å². The molecule has 10 heteroatoms. The number of carboxylic acids is 1. The summed E-state index contributed by atoms with van der Waals surface area (Å²) in [5.74, 6) is -8.16. The van der Waals surface area contributed by atoms with Gasteiger partial charge in [0.05, 0.1) is 6.54 Å². The van der Waals surface area contributed by atoms with Crippen molar-refractivity contribution in [1.82, 2.24) is 15.1 Å². The molecule has 2 N–H and O–H groups in total. The van der Waals surface area contributed by atoms with Crippen LogP contribution in [0.1, 0.15) is 17.0 Å². The zero-order chi connectivity index (χ0) is 25.3. The van der Waals surface area contributed by atoms with Gasteiger partial charge in [-0.25, -0.2) is 13.6 Å². The molecule has 2 aromatic rings. The molecule has 0 spiro atoms. The van der Waals surface area contributed by atoms with Gasteiger partial charge in [0, 0.05) is 19.0 Å². The first kappa shape index (κ1) is 24.6. The normalized spacial score (nSPS) is 19.2. The van der Waals surface area contributed by atoms with Crippen LogP contribution in [0.5, 0.6) is 0 Å². The van der Waals surface area contributed by atoms with E-state index in [0.717, 1.165) is 27.2 Å². The van der Waals surface area contributed by atoms with Gasteiger partial charge in [0.25, 0.3) is 5.92 Å². The second-order valence-electron chi connectivity index (χ2n) is 9.16. The third-order valence-electron chi connectivity index (χ3n) is 6.41. The second kappa shape index (κ2) is 9.61. The van der Waals surface area contributed by atoms with Crippen LogP contribution in [0.25, 0.3) is 11.1 Å². The fourth-order valence-corrected chi connectivity index (χ4v) is 4.76. The van der Waals surface area contributed by atoms with E-state index in [-0.39, 0.29) is 19.1 Å². The Morgan fingerprint density at radius 3 is 2.20 bits per heavy atom. The number of carboxylic acid groups (broad SMARTS) is 1. The average molecular weight is 488 g/mol. The molecule has 2 amide bonds. The number of halogens is 2. The fraction of sp³-hybridized carbons (Fsp3) is 0.400. The Bertz CT molecular complexity index is 1090. The Morgan fingerprint density at radius 1 is 1.11 bits per heavy atom. The molecule has 1 fully saturated rings. The largest absolute Gasteiger partial charge is 0.481 e. The zero-order valence-corrected chi connectivity index (χ0v) is 19.4. The van der Waals surface area contributed by atoms with Crippen LogP contribution < -0.4 is 5.32 Å². The standard InChI is InChI=1S/C25H27F2N3O5/c1-29(2)12-21(22(31)30-11-20(23(32)33)25(26,27)14-30)28-24(34)35-13-19-17-9-5-3-7-15(17)16-8-4-6-10-18(16)19/h3-10,19-21H,11-14H2,1-2H3,(H,28,34)(H,32,33)/t20?,21-/m0/s1. The number of likely N-dealkylation sites (tertiary alicyclic amines) is 1. The monoisotopic (exact) mass is 487 g/mol. The van der Waals surface area contributed by atoms with E-state index in [1.54, 1.807) is 19.0 Å². The number of amides is 2. The SMILES string of the molecule is CN(C)C[C@H](NC(=O)OCC1c2ccccc2-c2ccccc21)C(=O)N1CC(C(=O)O)C(F)(F)C1. The van der Waals surface area contributed by atoms with E-state index in [4.69, 9.17) is 9.84 Å². The van der Waals surface area contributed by atoms with E-state index >= 15 is 0 Å². The van der Waals surface area contributed by atoms with Gasteiger partial charge in [0.2, 0.25) is 5.91 Å². The molecular formula is C25H27F2N3O5. The molecule has 0 radical (unpaired) electrons. The summed E-state index contributed by atoms with van der Waals surface area (Å²) < 4.78 is 33.7. The van der Waals surface area contributed by atoms with Crippen LogP contribution >= 0.6 is 0 Å². The summed E-state index contributed by atoms with van der Waals surface area (Å²) in [4.78, 5) is 39.2. The quantitative estimate of drug-likeness (QED) is 0.623. The van der Waals surface area contributed by atoms with Crippen molar-refractivity contribution in [2.45, 2.75) is 17.9 Å². The topological polar surface area (TPSA) is 99.2 Å². The number of nitrogens with zero attached hydrogens (tertiary/aromatic N) is 2. The molecule has 0 aromatic heterocycles. The average Bonchev–Trinajstić information content (AvgIpc) is 3.30. The molecule has 2 atom stereocenters. The van der Waals surface area contributed by atoms with Crippen molar-refractivity contribution in [1.29, 1.82) is 0 Å². The van der Waals surface area contributed by atoms with Gasteiger partial charge >= 0.3 is 12.1 Å². The molecule has 0 bridgehead atoms. The van der Waals surface area contributed by atoms with Crippen LogP contribution in [0.3, 0.4) is 0 Å². The molecule has 2 aromatic carbocycles. The number of nitrogens with one attached hydrogen (secondary N) is 1. The number of fused-ring (bicyclic) bond motifs is 3. The van der Waals surface area contributed by atoms with Gasteiger partial charge in [0.1, 0.15) is 18.6 Å². The minimum Gasteiger partial charge on any atom is -0.481 e. The van der Waals surface area contributed by atoms with Crippen LogP contribution in [0.15, 0.2) is 48.5 Å². The summed E-state index contributed by atoms with van der Waals surface area (Å²) in [7, 11) is 3.33. The number of alkyl halides is 2. The highest BCUT2D eigenvalue weighted by atomic mass is 19.3. The Hall–Kier alpha value is -3.53. The highest BCUT2D eigenvalue weighted by Gasteiger charge is 2.54. The summed E-state index contributed by atoms with van der Waals surface area (Å²) in [5, 5.41) is 11.6. The third-order valence-corrected chi connectivity index (χ3v) is 6.41. The molecule has 4 rings (SSSR count). The van der Waals surface area contributed by atoms with E-state index < -0.39 is 48.9 Å². The number of benzene rings is 2. The molecular weight excluding hydrogens is 460 g/mol. The Kier molecular flexibility index (Phi) is 6.75. The first-order valence-corrected chi connectivity index (χ1v) is 11.2. The molecule has 35 heavy (non-hydrogen) atoms. The number of hydrogen-bond acceptors (Lipinski definition) is 5. The Balaban J connectivity index is 1.44. The van der Waals surface area contributed by atoms with Gasteiger partial charge in [-0.05, 0) is 36.3 Å². The van der Waals surface area contributed by atoms with Gasteiger partial charge in [0.15, 0.2) is 0 Å². The number of hydrogen-bond donors (Lipinski definition) is 2. The van der Waals surface area contributed by atoms with Crippen molar-refractivity contribution >= 4 is 18.0 Å². The molecule has 1 saturated heterocycles. The molecule has 2 aliphatic rings. The second-order valence-corrected chi connectivity index (χ2v) is 9.16.